The second-order valence-corrected chi connectivity index (χ2v) is 6.89. The molecule has 0 bridgehead atoms. The molecule has 0 aliphatic carbocycles. The molecule has 0 atom stereocenters. The lowest BCUT2D eigenvalue weighted by Gasteiger charge is -2.26. The summed E-state index contributed by atoms with van der Waals surface area (Å²) in [6.45, 7) is 14.7. The minimum absolute atomic E-state index is 0. The Morgan fingerprint density at radius 2 is 1.80 bits per heavy atom. The zero-order chi connectivity index (χ0) is 20.7. The largest absolute Gasteiger partial charge is 0.490 e. The molecule has 0 aromatic heterocycles. The first-order chi connectivity index (χ1) is 14.3. The van der Waals surface area contributed by atoms with E-state index in [1.165, 1.54) is 5.56 Å². The van der Waals surface area contributed by atoms with E-state index in [-0.39, 0.29) is 24.0 Å². The van der Waals surface area contributed by atoms with E-state index in [0.717, 1.165) is 82.8 Å². The van der Waals surface area contributed by atoms with E-state index in [2.05, 4.69) is 34.6 Å². The molecule has 1 aromatic carbocycles. The van der Waals surface area contributed by atoms with Crippen LogP contribution in [0, 0.1) is 0 Å². The summed E-state index contributed by atoms with van der Waals surface area (Å²) >= 11 is 0. The van der Waals surface area contributed by atoms with Crippen LogP contribution < -0.4 is 20.1 Å². The third-order valence-corrected chi connectivity index (χ3v) is 4.66. The Hall–Kier alpha value is -1.26. The number of hydrogen-bond acceptors (Lipinski definition) is 5. The number of morpholine rings is 1. The van der Waals surface area contributed by atoms with E-state index < -0.39 is 0 Å². The van der Waals surface area contributed by atoms with Gasteiger partial charge in [0, 0.05) is 39.3 Å². The standard InChI is InChI=1S/C22H38N4O3.HI/c1-4-23-22(24-11-7-13-26-14-16-27-17-15-26)25-12-10-19-8-9-20(28-5-2)21(18-19)29-6-3;/h8-9,18H,4-7,10-17H2,1-3H3,(H2,23,24,25);1H. The maximum atomic E-state index is 5.72. The van der Waals surface area contributed by atoms with Crippen LogP contribution in [0.1, 0.15) is 32.8 Å². The van der Waals surface area contributed by atoms with Gasteiger partial charge in [-0.15, -0.1) is 24.0 Å². The summed E-state index contributed by atoms with van der Waals surface area (Å²) in [6.07, 6.45) is 1.96. The molecule has 0 unspecified atom stereocenters. The van der Waals surface area contributed by atoms with Crippen LogP contribution >= 0.6 is 24.0 Å². The van der Waals surface area contributed by atoms with Gasteiger partial charge in [0.25, 0.3) is 0 Å². The zero-order valence-corrected chi connectivity index (χ0v) is 21.1. The average molecular weight is 534 g/mol. The van der Waals surface area contributed by atoms with Crippen molar-refractivity contribution in [3.8, 4) is 11.5 Å². The van der Waals surface area contributed by atoms with Crippen LogP contribution in [0.2, 0.25) is 0 Å². The van der Waals surface area contributed by atoms with Crippen LogP contribution in [0.4, 0.5) is 0 Å². The van der Waals surface area contributed by atoms with Crippen molar-refractivity contribution >= 4 is 29.9 Å². The molecule has 1 aliphatic heterocycles. The quantitative estimate of drug-likeness (QED) is 0.186. The maximum absolute atomic E-state index is 5.72. The van der Waals surface area contributed by atoms with E-state index in [4.69, 9.17) is 19.2 Å². The van der Waals surface area contributed by atoms with Crippen molar-refractivity contribution in [2.75, 3.05) is 65.7 Å². The van der Waals surface area contributed by atoms with Gasteiger partial charge in [-0.25, -0.2) is 0 Å². The number of halogens is 1. The molecule has 0 saturated carbocycles. The highest BCUT2D eigenvalue weighted by atomic mass is 127. The number of nitrogens with zero attached hydrogens (tertiary/aromatic N) is 2. The molecule has 1 heterocycles. The summed E-state index contributed by atoms with van der Waals surface area (Å²) in [5.41, 5.74) is 1.22. The monoisotopic (exact) mass is 534 g/mol. The van der Waals surface area contributed by atoms with E-state index >= 15 is 0 Å². The number of aliphatic imine (C=N–C) groups is 1. The average Bonchev–Trinajstić information content (AvgIpc) is 2.74. The Morgan fingerprint density at radius 3 is 2.50 bits per heavy atom. The van der Waals surface area contributed by atoms with Gasteiger partial charge in [0.2, 0.25) is 0 Å². The van der Waals surface area contributed by atoms with Crippen molar-refractivity contribution in [3.05, 3.63) is 23.8 Å². The predicted octanol–water partition coefficient (Wildman–Crippen LogP) is 2.92. The van der Waals surface area contributed by atoms with Gasteiger partial charge in [0.15, 0.2) is 17.5 Å². The fourth-order valence-corrected chi connectivity index (χ4v) is 3.23. The minimum Gasteiger partial charge on any atom is -0.490 e. The molecular weight excluding hydrogens is 495 g/mol. The third-order valence-electron chi connectivity index (χ3n) is 4.66. The van der Waals surface area contributed by atoms with Crippen LogP contribution in [0.25, 0.3) is 0 Å². The molecule has 1 aromatic rings. The van der Waals surface area contributed by atoms with Crippen LogP contribution in [-0.4, -0.2) is 76.6 Å². The number of guanidine groups is 1. The van der Waals surface area contributed by atoms with Crippen molar-refractivity contribution in [1.82, 2.24) is 15.5 Å². The first-order valence-corrected chi connectivity index (χ1v) is 11.0. The van der Waals surface area contributed by atoms with Crippen LogP contribution in [0.3, 0.4) is 0 Å². The summed E-state index contributed by atoms with van der Waals surface area (Å²) in [5.74, 6) is 2.50. The smallest absolute Gasteiger partial charge is 0.191 e. The van der Waals surface area contributed by atoms with E-state index in [9.17, 15) is 0 Å². The molecule has 7 nitrogen and oxygen atoms in total. The molecular formula is C22H39IN4O3. The molecule has 2 N–H and O–H groups in total. The Balaban J connectivity index is 0.00000450. The summed E-state index contributed by atoms with van der Waals surface area (Å²) in [5, 5.41) is 6.76. The highest BCUT2D eigenvalue weighted by molar-refractivity contribution is 14.0. The molecule has 1 saturated heterocycles. The van der Waals surface area contributed by atoms with Crippen molar-refractivity contribution in [2.24, 2.45) is 4.99 Å². The highest BCUT2D eigenvalue weighted by Gasteiger charge is 2.09. The molecule has 0 radical (unpaired) electrons. The molecule has 2 rings (SSSR count). The fourth-order valence-electron chi connectivity index (χ4n) is 3.23. The first-order valence-electron chi connectivity index (χ1n) is 11.0. The van der Waals surface area contributed by atoms with E-state index in [1.54, 1.807) is 0 Å². The van der Waals surface area contributed by atoms with Gasteiger partial charge in [-0.1, -0.05) is 6.07 Å². The maximum Gasteiger partial charge on any atom is 0.191 e. The number of nitrogens with one attached hydrogen (secondary N) is 2. The molecule has 172 valence electrons. The number of benzene rings is 1. The third kappa shape index (κ3) is 10.2. The van der Waals surface area contributed by atoms with Gasteiger partial charge in [-0.3, -0.25) is 9.89 Å². The van der Waals surface area contributed by atoms with E-state index in [0.29, 0.717) is 13.2 Å². The van der Waals surface area contributed by atoms with Gasteiger partial charge in [-0.05, 0) is 51.3 Å². The Kier molecular flexibility index (Phi) is 14.7. The normalized spacial score (nSPS) is 14.7. The summed E-state index contributed by atoms with van der Waals surface area (Å²) < 4.78 is 16.7. The van der Waals surface area contributed by atoms with Crippen molar-refractivity contribution < 1.29 is 14.2 Å². The van der Waals surface area contributed by atoms with E-state index in [1.807, 2.05) is 19.9 Å². The topological polar surface area (TPSA) is 67.4 Å². The van der Waals surface area contributed by atoms with Gasteiger partial charge in [-0.2, -0.15) is 0 Å². The van der Waals surface area contributed by atoms with Crippen molar-refractivity contribution in [1.29, 1.82) is 0 Å². The molecule has 0 amide bonds. The van der Waals surface area contributed by atoms with Crippen molar-refractivity contribution in [3.63, 3.8) is 0 Å². The number of ether oxygens (including phenoxy) is 3. The Morgan fingerprint density at radius 1 is 1.07 bits per heavy atom. The van der Waals surface area contributed by atoms with Gasteiger partial charge < -0.3 is 24.8 Å². The minimum atomic E-state index is 0. The summed E-state index contributed by atoms with van der Waals surface area (Å²) in [6, 6.07) is 6.17. The fraction of sp³-hybridized carbons (Fsp3) is 0.682. The lowest BCUT2D eigenvalue weighted by molar-refractivity contribution is 0.0377. The van der Waals surface area contributed by atoms with Crippen LogP contribution in [0.15, 0.2) is 23.2 Å². The lowest BCUT2D eigenvalue weighted by Crippen LogP contribution is -2.39. The highest BCUT2D eigenvalue weighted by Crippen LogP contribution is 2.28. The van der Waals surface area contributed by atoms with Gasteiger partial charge in [0.1, 0.15) is 0 Å². The number of hydrogen-bond donors (Lipinski definition) is 2. The van der Waals surface area contributed by atoms with Gasteiger partial charge >= 0.3 is 0 Å². The van der Waals surface area contributed by atoms with Crippen molar-refractivity contribution in [2.45, 2.75) is 33.6 Å². The lowest BCUT2D eigenvalue weighted by atomic mass is 10.1. The Bertz CT molecular complexity index is 610. The first kappa shape index (κ1) is 26.8. The molecule has 1 aliphatic rings. The predicted molar refractivity (Wildman–Crippen MR) is 134 cm³/mol. The summed E-state index contributed by atoms with van der Waals surface area (Å²) in [4.78, 5) is 7.15. The van der Waals surface area contributed by atoms with Crippen LogP contribution in [-0.2, 0) is 11.2 Å². The Labute approximate surface area is 199 Å². The zero-order valence-electron chi connectivity index (χ0n) is 18.7. The SMILES string of the molecule is CCNC(=NCCCN1CCOCC1)NCCc1ccc(OCC)c(OCC)c1.I. The molecule has 8 heteroatoms. The second-order valence-electron chi connectivity index (χ2n) is 6.89. The molecule has 30 heavy (non-hydrogen) atoms. The summed E-state index contributed by atoms with van der Waals surface area (Å²) in [7, 11) is 0. The van der Waals surface area contributed by atoms with Gasteiger partial charge in [0.05, 0.1) is 26.4 Å². The van der Waals surface area contributed by atoms with Crippen LogP contribution in [0.5, 0.6) is 11.5 Å². The number of rotatable bonds is 12. The second kappa shape index (κ2) is 16.4. The molecule has 1 fully saturated rings. The molecule has 0 spiro atoms.